The van der Waals surface area contributed by atoms with E-state index >= 15 is 0 Å². The Bertz CT molecular complexity index is 1500. The number of anilines is 1. The molecule has 5 rings (SSSR count). The number of ketones is 1. The highest BCUT2D eigenvalue weighted by Gasteiger charge is 2.47. The van der Waals surface area contributed by atoms with Crippen LogP contribution in [-0.4, -0.2) is 16.8 Å². The van der Waals surface area contributed by atoms with Crippen molar-refractivity contribution >= 4 is 23.1 Å². The van der Waals surface area contributed by atoms with E-state index in [1.807, 2.05) is 36.4 Å². The van der Waals surface area contributed by atoms with E-state index in [1.165, 1.54) is 23.1 Å². The van der Waals surface area contributed by atoms with Gasteiger partial charge < -0.3 is 9.84 Å². The van der Waals surface area contributed by atoms with E-state index in [2.05, 4.69) is 0 Å². The molecule has 1 atom stereocenters. The van der Waals surface area contributed by atoms with Crippen LogP contribution in [-0.2, 0) is 16.2 Å². The molecule has 0 aliphatic carbocycles. The minimum Gasteiger partial charge on any atom is -0.507 e. The van der Waals surface area contributed by atoms with Crippen LogP contribution in [0.4, 0.5) is 10.1 Å². The van der Waals surface area contributed by atoms with Gasteiger partial charge in [-0.25, -0.2) is 4.39 Å². The number of rotatable bonds is 6. The summed E-state index contributed by atoms with van der Waals surface area (Å²) in [4.78, 5) is 28.0. The molecule has 1 aliphatic heterocycles. The van der Waals surface area contributed by atoms with Crippen LogP contribution in [0.3, 0.4) is 0 Å². The minimum absolute atomic E-state index is 0.0694. The normalized spacial score (nSPS) is 16.7. The van der Waals surface area contributed by atoms with Gasteiger partial charge in [-0.1, -0.05) is 60.7 Å². The van der Waals surface area contributed by atoms with Gasteiger partial charge in [0.15, 0.2) is 0 Å². The van der Waals surface area contributed by atoms with Crippen LogP contribution in [0.2, 0.25) is 0 Å². The van der Waals surface area contributed by atoms with E-state index in [4.69, 9.17) is 4.74 Å². The van der Waals surface area contributed by atoms with Crippen molar-refractivity contribution in [2.75, 3.05) is 4.90 Å². The Hall–Kier alpha value is -4.71. The van der Waals surface area contributed by atoms with Gasteiger partial charge >= 0.3 is 0 Å². The van der Waals surface area contributed by atoms with E-state index < -0.39 is 23.5 Å². The van der Waals surface area contributed by atoms with Gasteiger partial charge in [0.1, 0.15) is 23.9 Å². The first-order chi connectivity index (χ1) is 17.9. The average Bonchev–Trinajstić information content (AvgIpc) is 3.20. The van der Waals surface area contributed by atoms with Gasteiger partial charge in [0.05, 0.1) is 11.6 Å². The SMILES string of the molecule is Cc1cc(/C(O)=C2/C(=O)C(=O)N(c3ccccc3)C2c2cccc(OCc3ccccc3)c2)ccc1F. The first-order valence-electron chi connectivity index (χ1n) is 11.8. The lowest BCUT2D eigenvalue weighted by atomic mass is 9.94. The van der Waals surface area contributed by atoms with Crippen LogP contribution in [0, 0.1) is 12.7 Å². The van der Waals surface area contributed by atoms with Crippen LogP contribution in [0.5, 0.6) is 5.75 Å². The summed E-state index contributed by atoms with van der Waals surface area (Å²) in [6.07, 6.45) is 0. The van der Waals surface area contributed by atoms with E-state index in [0.717, 1.165) is 5.56 Å². The summed E-state index contributed by atoms with van der Waals surface area (Å²) in [6.45, 7) is 1.91. The van der Waals surface area contributed by atoms with Crippen molar-refractivity contribution in [3.8, 4) is 5.75 Å². The van der Waals surface area contributed by atoms with Crippen molar-refractivity contribution in [3.63, 3.8) is 0 Å². The maximum atomic E-state index is 13.9. The molecule has 1 N–H and O–H groups in total. The molecular weight excluding hydrogens is 469 g/mol. The number of aliphatic hydroxyl groups excluding tert-OH is 1. The lowest BCUT2D eigenvalue weighted by Crippen LogP contribution is -2.29. The topological polar surface area (TPSA) is 66.8 Å². The summed E-state index contributed by atoms with van der Waals surface area (Å²) in [5, 5.41) is 11.3. The number of para-hydroxylation sites is 1. The third kappa shape index (κ3) is 4.74. The molecule has 0 spiro atoms. The van der Waals surface area contributed by atoms with Gasteiger partial charge in [0.25, 0.3) is 11.7 Å². The van der Waals surface area contributed by atoms with Crippen LogP contribution >= 0.6 is 0 Å². The second-order valence-corrected chi connectivity index (χ2v) is 8.82. The average molecular weight is 494 g/mol. The summed E-state index contributed by atoms with van der Waals surface area (Å²) in [6, 6.07) is 28.8. The maximum Gasteiger partial charge on any atom is 0.300 e. The molecule has 1 aliphatic rings. The van der Waals surface area contributed by atoms with Gasteiger partial charge in [-0.05, 0) is 66.1 Å². The van der Waals surface area contributed by atoms with Gasteiger partial charge in [0.2, 0.25) is 0 Å². The van der Waals surface area contributed by atoms with Crippen LogP contribution in [0.25, 0.3) is 5.76 Å². The van der Waals surface area contributed by atoms with E-state index in [0.29, 0.717) is 29.2 Å². The lowest BCUT2D eigenvalue weighted by Gasteiger charge is -2.25. The van der Waals surface area contributed by atoms with Crippen molar-refractivity contribution < 1.29 is 23.8 Å². The zero-order valence-electron chi connectivity index (χ0n) is 20.1. The molecule has 0 bridgehead atoms. The van der Waals surface area contributed by atoms with Crippen LogP contribution in [0.15, 0.2) is 109 Å². The third-order valence-corrected chi connectivity index (χ3v) is 6.33. The van der Waals surface area contributed by atoms with Gasteiger partial charge in [-0.2, -0.15) is 0 Å². The number of ether oxygens (including phenoxy) is 1. The molecule has 6 heteroatoms. The molecule has 0 aromatic heterocycles. The van der Waals surface area contributed by atoms with Crippen molar-refractivity contribution in [1.29, 1.82) is 0 Å². The smallest absolute Gasteiger partial charge is 0.300 e. The molecule has 1 heterocycles. The molecule has 5 nitrogen and oxygen atoms in total. The standard InChI is InChI=1S/C31H24FNO4/c1-20-17-23(15-16-26(20)32)29(34)27-28(33(31(36)30(27)35)24-12-6-3-7-13-24)22-11-8-14-25(18-22)37-19-21-9-4-2-5-10-21/h2-18,28,34H,19H2,1H3/b29-27-. The monoisotopic (exact) mass is 493 g/mol. The maximum absolute atomic E-state index is 13.9. The Labute approximate surface area is 214 Å². The molecule has 1 saturated heterocycles. The number of aryl methyl sites for hydroxylation is 1. The first kappa shape index (κ1) is 24.0. The number of benzene rings is 4. The van der Waals surface area contributed by atoms with E-state index in [-0.39, 0.29) is 16.9 Å². The second kappa shape index (κ2) is 10.1. The van der Waals surface area contributed by atoms with Gasteiger partial charge in [0, 0.05) is 11.3 Å². The van der Waals surface area contributed by atoms with E-state index in [9.17, 15) is 19.1 Å². The highest BCUT2D eigenvalue weighted by molar-refractivity contribution is 6.51. The molecule has 0 saturated carbocycles. The first-order valence-corrected chi connectivity index (χ1v) is 11.8. The van der Waals surface area contributed by atoms with Crippen molar-refractivity contribution in [3.05, 3.63) is 137 Å². The minimum atomic E-state index is -0.909. The number of amides is 1. The van der Waals surface area contributed by atoms with Crippen molar-refractivity contribution in [2.45, 2.75) is 19.6 Å². The Kier molecular flexibility index (Phi) is 6.56. The molecule has 1 unspecified atom stereocenters. The van der Waals surface area contributed by atoms with Crippen LogP contribution in [0.1, 0.15) is 28.3 Å². The molecule has 1 amide bonds. The molecule has 0 radical (unpaired) electrons. The summed E-state index contributed by atoms with van der Waals surface area (Å²) in [5.41, 5.74) is 2.60. The molecular formula is C31H24FNO4. The van der Waals surface area contributed by atoms with Gasteiger partial charge in [-0.3, -0.25) is 14.5 Å². The fraction of sp³-hybridized carbons (Fsp3) is 0.0968. The number of hydrogen-bond donors (Lipinski definition) is 1. The lowest BCUT2D eigenvalue weighted by molar-refractivity contribution is -0.132. The predicted octanol–water partition coefficient (Wildman–Crippen LogP) is 6.34. The number of aliphatic hydroxyl groups is 1. The third-order valence-electron chi connectivity index (χ3n) is 6.33. The van der Waals surface area contributed by atoms with Crippen molar-refractivity contribution in [2.24, 2.45) is 0 Å². The highest BCUT2D eigenvalue weighted by Crippen LogP contribution is 2.42. The Morgan fingerprint density at radius 3 is 2.30 bits per heavy atom. The number of halogens is 1. The fourth-order valence-electron chi connectivity index (χ4n) is 4.47. The summed E-state index contributed by atoms with van der Waals surface area (Å²) < 4.78 is 19.9. The largest absolute Gasteiger partial charge is 0.507 e. The molecule has 184 valence electrons. The quantitative estimate of drug-likeness (QED) is 0.193. The summed E-state index contributed by atoms with van der Waals surface area (Å²) >= 11 is 0. The van der Waals surface area contributed by atoms with E-state index in [1.54, 1.807) is 55.5 Å². The number of hydrogen-bond acceptors (Lipinski definition) is 4. The molecule has 4 aromatic carbocycles. The van der Waals surface area contributed by atoms with Crippen LogP contribution < -0.4 is 9.64 Å². The zero-order valence-corrected chi connectivity index (χ0v) is 20.1. The Morgan fingerprint density at radius 2 is 1.59 bits per heavy atom. The Morgan fingerprint density at radius 1 is 0.892 bits per heavy atom. The highest BCUT2D eigenvalue weighted by atomic mass is 19.1. The molecule has 4 aromatic rings. The fourth-order valence-corrected chi connectivity index (χ4v) is 4.47. The Balaban J connectivity index is 1.61. The number of carbonyl (C=O) groups excluding carboxylic acids is 2. The predicted molar refractivity (Wildman–Crippen MR) is 140 cm³/mol. The summed E-state index contributed by atoms with van der Waals surface area (Å²) in [5.74, 6) is -1.81. The molecule has 1 fully saturated rings. The van der Waals surface area contributed by atoms with Crippen molar-refractivity contribution in [1.82, 2.24) is 0 Å². The number of Topliss-reactive ketones (excluding diaryl/α,β-unsaturated/α-hetero) is 1. The summed E-state index contributed by atoms with van der Waals surface area (Å²) in [7, 11) is 0. The number of nitrogens with zero attached hydrogens (tertiary/aromatic N) is 1. The second-order valence-electron chi connectivity index (χ2n) is 8.82. The molecule has 37 heavy (non-hydrogen) atoms. The van der Waals surface area contributed by atoms with Gasteiger partial charge in [-0.15, -0.1) is 0 Å². The number of carbonyl (C=O) groups is 2. The zero-order chi connectivity index (χ0) is 25.9.